The minimum Gasteiger partial charge on any atom is -0.379 e. The molecule has 1 heterocycles. The van der Waals surface area contributed by atoms with E-state index in [9.17, 15) is 0 Å². The molecule has 0 saturated carbocycles. The summed E-state index contributed by atoms with van der Waals surface area (Å²) in [5, 5.41) is 3.55. The Morgan fingerprint density at radius 3 is 2.41 bits per heavy atom. The van der Waals surface area contributed by atoms with Gasteiger partial charge in [-0.15, -0.1) is 0 Å². The van der Waals surface area contributed by atoms with Gasteiger partial charge in [0.2, 0.25) is 0 Å². The van der Waals surface area contributed by atoms with Gasteiger partial charge in [0.15, 0.2) is 0 Å². The van der Waals surface area contributed by atoms with E-state index in [1.54, 1.807) is 0 Å². The lowest BCUT2D eigenvalue weighted by atomic mass is 10.00. The Morgan fingerprint density at radius 2 is 1.82 bits per heavy atom. The van der Waals surface area contributed by atoms with E-state index < -0.39 is 0 Å². The first-order valence-electron chi connectivity index (χ1n) is 6.69. The van der Waals surface area contributed by atoms with Crippen molar-refractivity contribution in [2.75, 3.05) is 40.4 Å². The highest BCUT2D eigenvalue weighted by Gasteiger charge is 2.23. The van der Waals surface area contributed by atoms with Crippen molar-refractivity contribution in [3.63, 3.8) is 0 Å². The molecule has 0 spiro atoms. The van der Waals surface area contributed by atoms with E-state index in [4.69, 9.17) is 9.47 Å². The summed E-state index contributed by atoms with van der Waals surface area (Å²) in [5.74, 6) is 0. The highest BCUT2D eigenvalue weighted by molar-refractivity contribution is 4.78. The van der Waals surface area contributed by atoms with Gasteiger partial charge in [0.05, 0.1) is 25.4 Å². The first-order valence-corrected chi connectivity index (χ1v) is 6.69. The lowest BCUT2D eigenvalue weighted by molar-refractivity contribution is -0.0428. The fourth-order valence-electron chi connectivity index (χ4n) is 2.26. The molecule has 0 bridgehead atoms. The maximum atomic E-state index is 5.71. The van der Waals surface area contributed by atoms with Crippen molar-refractivity contribution in [1.82, 2.24) is 10.2 Å². The number of nitrogens with one attached hydrogen (secondary N) is 1. The van der Waals surface area contributed by atoms with E-state index >= 15 is 0 Å². The van der Waals surface area contributed by atoms with Crippen molar-refractivity contribution >= 4 is 0 Å². The lowest BCUT2D eigenvalue weighted by Gasteiger charge is -2.32. The van der Waals surface area contributed by atoms with E-state index in [2.05, 4.69) is 38.2 Å². The average molecular weight is 244 g/mol. The quantitative estimate of drug-likeness (QED) is 0.680. The van der Waals surface area contributed by atoms with E-state index in [0.717, 1.165) is 39.1 Å². The molecular weight excluding hydrogens is 216 g/mol. The smallest absolute Gasteiger partial charge is 0.0593 e. The van der Waals surface area contributed by atoms with Crippen molar-refractivity contribution in [2.24, 2.45) is 0 Å². The average Bonchev–Trinajstić information content (AvgIpc) is 2.21. The predicted molar refractivity (Wildman–Crippen MR) is 70.4 cm³/mol. The van der Waals surface area contributed by atoms with Crippen LogP contribution in [0.2, 0.25) is 0 Å². The molecular formula is C13H28N2O2. The summed E-state index contributed by atoms with van der Waals surface area (Å²) in [6.07, 6.45) is 2.99. The normalized spacial score (nSPS) is 29.8. The van der Waals surface area contributed by atoms with Crippen LogP contribution in [0.15, 0.2) is 0 Å². The second-order valence-electron chi connectivity index (χ2n) is 5.30. The first kappa shape index (κ1) is 14.9. The van der Waals surface area contributed by atoms with Gasteiger partial charge in [-0.25, -0.2) is 0 Å². The fourth-order valence-corrected chi connectivity index (χ4v) is 2.26. The van der Waals surface area contributed by atoms with Crippen molar-refractivity contribution in [1.29, 1.82) is 0 Å². The topological polar surface area (TPSA) is 33.7 Å². The number of nitrogens with zero attached hydrogens (tertiary/aromatic N) is 1. The molecule has 2 atom stereocenters. The predicted octanol–water partition coefficient (Wildman–Crippen LogP) is 1.11. The third-order valence-electron chi connectivity index (χ3n) is 3.06. The molecule has 1 aliphatic rings. The van der Waals surface area contributed by atoms with E-state index in [0.29, 0.717) is 18.2 Å². The largest absolute Gasteiger partial charge is 0.379 e. The maximum Gasteiger partial charge on any atom is 0.0593 e. The highest BCUT2D eigenvalue weighted by Crippen LogP contribution is 2.18. The number of hydrogen-bond donors (Lipinski definition) is 1. The molecule has 0 aromatic heterocycles. The number of hydrogen-bond acceptors (Lipinski definition) is 4. The molecule has 102 valence electrons. The molecule has 1 aliphatic heterocycles. The summed E-state index contributed by atoms with van der Waals surface area (Å²) in [6, 6.07) is 0.589. The summed E-state index contributed by atoms with van der Waals surface area (Å²) < 4.78 is 11.3. The van der Waals surface area contributed by atoms with Crippen LogP contribution in [0.4, 0.5) is 0 Å². The monoisotopic (exact) mass is 244 g/mol. The molecule has 17 heavy (non-hydrogen) atoms. The zero-order valence-electron chi connectivity index (χ0n) is 11.7. The van der Waals surface area contributed by atoms with Crippen LogP contribution < -0.4 is 5.32 Å². The van der Waals surface area contributed by atoms with Gasteiger partial charge in [0.25, 0.3) is 0 Å². The maximum absolute atomic E-state index is 5.71. The number of likely N-dealkylation sites (N-methyl/N-ethyl adjacent to an activating group) is 1. The SMILES string of the molecule is CC1CC(NCCOCCN(C)C)CC(C)O1. The van der Waals surface area contributed by atoms with Crippen LogP contribution in [0.3, 0.4) is 0 Å². The molecule has 0 aliphatic carbocycles. The lowest BCUT2D eigenvalue weighted by Crippen LogP contribution is -2.42. The second kappa shape index (κ2) is 8.03. The van der Waals surface area contributed by atoms with E-state index in [-0.39, 0.29) is 0 Å². The van der Waals surface area contributed by atoms with Crippen molar-refractivity contribution in [3.8, 4) is 0 Å². The zero-order chi connectivity index (χ0) is 12.7. The zero-order valence-corrected chi connectivity index (χ0v) is 11.7. The van der Waals surface area contributed by atoms with Crippen LogP contribution in [-0.4, -0.2) is 63.5 Å². The molecule has 0 aromatic carbocycles. The Kier molecular flexibility index (Phi) is 7.04. The van der Waals surface area contributed by atoms with Gasteiger partial charge in [-0.3, -0.25) is 0 Å². The van der Waals surface area contributed by atoms with Gasteiger partial charge in [0, 0.05) is 19.1 Å². The van der Waals surface area contributed by atoms with Crippen LogP contribution in [0.5, 0.6) is 0 Å². The Morgan fingerprint density at radius 1 is 1.18 bits per heavy atom. The Labute approximate surface area is 106 Å². The molecule has 1 rings (SSSR count). The van der Waals surface area contributed by atoms with Gasteiger partial charge < -0.3 is 19.7 Å². The summed E-state index contributed by atoms with van der Waals surface area (Å²) in [5.41, 5.74) is 0. The molecule has 0 aromatic rings. The summed E-state index contributed by atoms with van der Waals surface area (Å²) in [7, 11) is 4.12. The van der Waals surface area contributed by atoms with Gasteiger partial charge in [0.1, 0.15) is 0 Å². The molecule has 2 unspecified atom stereocenters. The summed E-state index contributed by atoms with van der Waals surface area (Å²) in [4.78, 5) is 2.13. The molecule has 1 saturated heterocycles. The number of ether oxygens (including phenoxy) is 2. The van der Waals surface area contributed by atoms with Crippen LogP contribution in [0, 0.1) is 0 Å². The van der Waals surface area contributed by atoms with Crippen LogP contribution in [-0.2, 0) is 9.47 Å². The minimum atomic E-state index is 0.380. The second-order valence-corrected chi connectivity index (χ2v) is 5.30. The Hall–Kier alpha value is -0.160. The molecule has 0 amide bonds. The highest BCUT2D eigenvalue weighted by atomic mass is 16.5. The number of rotatable bonds is 7. The minimum absolute atomic E-state index is 0.380. The third-order valence-corrected chi connectivity index (χ3v) is 3.06. The Balaban J connectivity index is 1.98. The van der Waals surface area contributed by atoms with Crippen molar-refractivity contribution in [3.05, 3.63) is 0 Å². The first-order chi connectivity index (χ1) is 8.08. The summed E-state index contributed by atoms with van der Waals surface area (Å²) in [6.45, 7) is 7.85. The molecule has 1 N–H and O–H groups in total. The third kappa shape index (κ3) is 6.99. The molecule has 1 fully saturated rings. The van der Waals surface area contributed by atoms with Gasteiger partial charge in [-0.1, -0.05) is 0 Å². The molecule has 4 heteroatoms. The van der Waals surface area contributed by atoms with E-state index in [1.807, 2.05) is 0 Å². The van der Waals surface area contributed by atoms with Crippen LogP contribution in [0.1, 0.15) is 26.7 Å². The van der Waals surface area contributed by atoms with Gasteiger partial charge >= 0.3 is 0 Å². The molecule has 4 nitrogen and oxygen atoms in total. The van der Waals surface area contributed by atoms with Gasteiger partial charge in [-0.2, -0.15) is 0 Å². The molecule has 0 radical (unpaired) electrons. The van der Waals surface area contributed by atoms with Crippen LogP contribution >= 0.6 is 0 Å². The van der Waals surface area contributed by atoms with Gasteiger partial charge in [-0.05, 0) is 40.8 Å². The van der Waals surface area contributed by atoms with Crippen molar-refractivity contribution < 1.29 is 9.47 Å². The summed E-state index contributed by atoms with van der Waals surface area (Å²) >= 11 is 0. The fraction of sp³-hybridized carbons (Fsp3) is 1.00. The van der Waals surface area contributed by atoms with E-state index in [1.165, 1.54) is 0 Å². The standard InChI is InChI=1S/C13H28N2O2/c1-11-9-13(10-12(2)17-11)14-5-7-16-8-6-15(3)4/h11-14H,5-10H2,1-4H3. The van der Waals surface area contributed by atoms with Crippen LogP contribution in [0.25, 0.3) is 0 Å². The van der Waals surface area contributed by atoms with Crippen molar-refractivity contribution in [2.45, 2.75) is 44.9 Å². The Bertz CT molecular complexity index is 190.